The number of alkyl halides is 3. The van der Waals surface area contributed by atoms with Gasteiger partial charge in [-0.05, 0) is 75.9 Å². The summed E-state index contributed by atoms with van der Waals surface area (Å²) in [6, 6.07) is 2.30. The molecule has 2 N–H and O–H groups in total. The predicted octanol–water partition coefficient (Wildman–Crippen LogP) is 3.37. The molecule has 2 unspecified atom stereocenters. The number of hydrogen-bond acceptors (Lipinski definition) is 10. The van der Waals surface area contributed by atoms with Crippen molar-refractivity contribution in [3.8, 4) is 0 Å². The third-order valence-corrected chi connectivity index (χ3v) is 11.5. The number of rotatable bonds is 10. The summed E-state index contributed by atoms with van der Waals surface area (Å²) in [6.45, 7) is 3.41. The van der Waals surface area contributed by atoms with Crippen LogP contribution in [0.3, 0.4) is 0 Å². The summed E-state index contributed by atoms with van der Waals surface area (Å²) in [6.07, 6.45) is 5.26. The largest absolute Gasteiger partial charge is 0.416 e. The van der Waals surface area contributed by atoms with Gasteiger partial charge >= 0.3 is 6.18 Å². The van der Waals surface area contributed by atoms with Gasteiger partial charge in [0.05, 0.1) is 17.3 Å². The van der Waals surface area contributed by atoms with Crippen molar-refractivity contribution < 1.29 is 27.6 Å². The van der Waals surface area contributed by atoms with E-state index in [4.69, 9.17) is 4.99 Å². The summed E-state index contributed by atoms with van der Waals surface area (Å²) in [4.78, 5) is 54.1. The first-order valence-electron chi connectivity index (χ1n) is 17.5. The quantitative estimate of drug-likeness (QED) is 0.351. The number of guanidine groups is 1. The summed E-state index contributed by atoms with van der Waals surface area (Å²) in [5, 5.41) is 6.68. The third-order valence-electron chi connectivity index (χ3n) is 10.2. The van der Waals surface area contributed by atoms with Gasteiger partial charge in [-0.1, -0.05) is 37.1 Å². The molecule has 0 bridgehead atoms. The van der Waals surface area contributed by atoms with Gasteiger partial charge in [0.1, 0.15) is 12.2 Å². The molecule has 7 rings (SSSR count). The average molecular weight is 728 g/mol. The fourth-order valence-corrected chi connectivity index (χ4v) is 8.31. The van der Waals surface area contributed by atoms with Crippen LogP contribution in [0.15, 0.2) is 52.3 Å². The van der Waals surface area contributed by atoms with Gasteiger partial charge in [-0.15, -0.1) is 0 Å². The number of piperazine rings is 1. The minimum absolute atomic E-state index is 0.00710. The van der Waals surface area contributed by atoms with E-state index < -0.39 is 23.9 Å². The second kappa shape index (κ2) is 13.9. The predicted molar refractivity (Wildman–Crippen MR) is 189 cm³/mol. The first-order valence-corrected chi connectivity index (χ1v) is 18.4. The highest BCUT2D eigenvalue weighted by Gasteiger charge is 2.48. The zero-order valence-electron chi connectivity index (χ0n) is 29.3. The molecule has 3 aliphatic carbocycles. The van der Waals surface area contributed by atoms with Gasteiger partial charge in [-0.25, -0.2) is 10.0 Å². The summed E-state index contributed by atoms with van der Waals surface area (Å²) in [5.74, 6) is -0.395. The summed E-state index contributed by atoms with van der Waals surface area (Å²) < 4.78 is 44.1. The summed E-state index contributed by atoms with van der Waals surface area (Å²) in [7, 11) is 5.46. The number of hydrazine groups is 1. The average Bonchev–Trinajstić information content (AvgIpc) is 3.84. The zero-order valence-corrected chi connectivity index (χ0v) is 30.1. The molecule has 2 atom stereocenters. The Morgan fingerprint density at radius 2 is 1.80 bits per heavy atom. The van der Waals surface area contributed by atoms with E-state index in [1.54, 1.807) is 28.9 Å². The van der Waals surface area contributed by atoms with Crippen LogP contribution in [-0.4, -0.2) is 125 Å². The Kier molecular flexibility index (Phi) is 9.71. The topological polar surface area (TPSA) is 107 Å². The van der Waals surface area contributed by atoms with Crippen molar-refractivity contribution in [3.63, 3.8) is 0 Å². The number of fused-ring (bicyclic) bond motifs is 2. The molecule has 12 nitrogen and oxygen atoms in total. The van der Waals surface area contributed by atoms with Crippen LogP contribution in [0.2, 0.25) is 0 Å². The molecule has 3 amide bonds. The van der Waals surface area contributed by atoms with E-state index in [1.807, 2.05) is 47.9 Å². The molecule has 6 aliphatic rings. The van der Waals surface area contributed by atoms with Crippen molar-refractivity contribution in [3.05, 3.63) is 64.0 Å². The monoisotopic (exact) mass is 727 g/mol. The molecule has 1 saturated carbocycles. The minimum atomic E-state index is -4.46. The fraction of sp³-hybridized carbons (Fsp3) is 0.543. The van der Waals surface area contributed by atoms with Crippen LogP contribution in [0.4, 0.5) is 18.9 Å². The molecule has 3 aliphatic heterocycles. The molecule has 16 heteroatoms. The molecule has 0 spiro atoms. The van der Waals surface area contributed by atoms with Crippen LogP contribution in [0.25, 0.3) is 0 Å². The van der Waals surface area contributed by atoms with Crippen LogP contribution in [0.5, 0.6) is 0 Å². The van der Waals surface area contributed by atoms with E-state index in [1.165, 1.54) is 23.9 Å². The van der Waals surface area contributed by atoms with Crippen molar-refractivity contribution >= 4 is 41.3 Å². The second-order valence-electron chi connectivity index (χ2n) is 13.9. The lowest BCUT2D eigenvalue weighted by Crippen LogP contribution is -2.61. The number of anilines is 1. The second-order valence-corrected chi connectivity index (χ2v) is 15.0. The molecule has 1 aromatic rings. The highest BCUT2D eigenvalue weighted by atomic mass is 32.2. The number of carbonyl (C=O) groups is 3. The Morgan fingerprint density at radius 3 is 2.43 bits per heavy atom. The molecule has 0 radical (unpaired) electrons. The maximum Gasteiger partial charge on any atom is 0.416 e. The maximum absolute atomic E-state index is 14.4. The SMILES string of the molecule is CCC1=C(N2CCN(C(=O)C3=CC=CCC3NSC3CC3)CC2)C(=O)N2C(=NC(N(C)C)N2C)N1CC(=O)Nc1ccc(C(F)(F)F)c2c1CC2. The van der Waals surface area contributed by atoms with E-state index in [-0.39, 0.29) is 30.0 Å². The standard InChI is InChI=1S/C35H44F3N9O3S/c1-5-28-30(44-16-18-45(19-17-44)31(49)24-8-6-7-9-27(24)41-51-21-10-11-21)32(50)47-34(40-33(42(2)3)43(47)4)46(28)20-29(48)39-26-15-14-25(35(36,37)38)22-12-13-23(22)26/h6-8,14-15,21,27,33,41H,5,9-13,16-20H2,1-4H3,(H,39,48). The fourth-order valence-electron chi connectivity index (χ4n) is 7.36. The van der Waals surface area contributed by atoms with Gasteiger partial charge < -0.3 is 20.0 Å². The van der Waals surface area contributed by atoms with E-state index in [0.717, 1.165) is 18.1 Å². The molecular formula is C35H44F3N9O3S. The molecule has 51 heavy (non-hydrogen) atoms. The number of nitrogens with one attached hydrogen (secondary N) is 2. The summed E-state index contributed by atoms with van der Waals surface area (Å²) >= 11 is 1.72. The number of allylic oxidation sites excluding steroid dienone is 3. The number of aliphatic imine (C=N–C) groups is 1. The lowest BCUT2D eigenvalue weighted by Gasteiger charge is -2.45. The third kappa shape index (κ3) is 6.78. The molecular weight excluding hydrogens is 684 g/mol. The van der Waals surface area contributed by atoms with Crippen LogP contribution >= 0.6 is 11.9 Å². The molecule has 1 aromatic carbocycles. The number of carbonyl (C=O) groups excluding carboxylic acids is 3. The molecule has 2 fully saturated rings. The van der Waals surface area contributed by atoms with Crippen LogP contribution in [-0.2, 0) is 33.4 Å². The van der Waals surface area contributed by atoms with Crippen LogP contribution in [0.1, 0.15) is 49.3 Å². The molecule has 274 valence electrons. The maximum atomic E-state index is 14.4. The number of amides is 3. The van der Waals surface area contributed by atoms with E-state index in [0.29, 0.717) is 79.3 Å². The van der Waals surface area contributed by atoms with Crippen LogP contribution < -0.4 is 10.0 Å². The Hall–Kier alpha value is -3.86. The van der Waals surface area contributed by atoms with Crippen molar-refractivity contribution in [1.29, 1.82) is 0 Å². The first kappa shape index (κ1) is 35.5. The van der Waals surface area contributed by atoms with E-state index in [2.05, 4.69) is 16.1 Å². The van der Waals surface area contributed by atoms with Gasteiger partial charge in [-0.3, -0.25) is 24.0 Å². The first-order chi connectivity index (χ1) is 24.4. The van der Waals surface area contributed by atoms with Crippen molar-refractivity contribution in [1.82, 2.24) is 34.3 Å². The Bertz CT molecular complexity index is 1730. The minimum Gasteiger partial charge on any atom is -0.362 e. The highest BCUT2D eigenvalue weighted by Crippen LogP contribution is 2.41. The zero-order chi connectivity index (χ0) is 36.2. The molecule has 0 aromatic heterocycles. The Labute approximate surface area is 300 Å². The lowest BCUT2D eigenvalue weighted by atomic mass is 9.83. The van der Waals surface area contributed by atoms with Crippen molar-refractivity contribution in [2.75, 3.05) is 59.2 Å². The van der Waals surface area contributed by atoms with Gasteiger partial charge in [-0.2, -0.15) is 18.2 Å². The van der Waals surface area contributed by atoms with Gasteiger partial charge in [0, 0.05) is 49.7 Å². The number of benzene rings is 1. The summed E-state index contributed by atoms with van der Waals surface area (Å²) in [5.41, 5.74) is 2.24. The molecule has 3 heterocycles. The Morgan fingerprint density at radius 1 is 1.08 bits per heavy atom. The normalized spacial score (nSPS) is 23.7. The van der Waals surface area contributed by atoms with Crippen molar-refractivity contribution in [2.24, 2.45) is 4.99 Å². The van der Waals surface area contributed by atoms with E-state index >= 15 is 0 Å². The lowest BCUT2D eigenvalue weighted by molar-refractivity contribution is -0.141. The van der Waals surface area contributed by atoms with E-state index in [9.17, 15) is 27.6 Å². The number of halogens is 3. The van der Waals surface area contributed by atoms with Gasteiger partial charge in [0.2, 0.25) is 11.9 Å². The molecule has 1 saturated heterocycles. The highest BCUT2D eigenvalue weighted by molar-refractivity contribution is 7.98. The van der Waals surface area contributed by atoms with Crippen LogP contribution in [0, 0.1) is 0 Å². The number of nitrogens with zero attached hydrogens (tertiary/aromatic N) is 7. The Balaban J connectivity index is 1.11. The number of hydrogen-bond donors (Lipinski definition) is 2. The van der Waals surface area contributed by atoms with Gasteiger partial charge in [0.15, 0.2) is 6.29 Å². The van der Waals surface area contributed by atoms with Crippen molar-refractivity contribution in [2.45, 2.75) is 69.2 Å². The smallest absolute Gasteiger partial charge is 0.362 e. The van der Waals surface area contributed by atoms with Gasteiger partial charge in [0.25, 0.3) is 11.8 Å².